The largest absolute Gasteiger partial charge is 0.598 e. The number of alkyl carbamates (subject to hydrolysis) is 1. The lowest BCUT2D eigenvalue weighted by molar-refractivity contribution is -0.141. The van der Waals surface area contributed by atoms with Gasteiger partial charge in [-0.05, 0) is 99.0 Å². The first-order valence-electron chi connectivity index (χ1n) is 18.0. The number of nitriles is 1. The molecule has 2 atom stereocenters. The molecule has 1 fully saturated rings. The van der Waals surface area contributed by atoms with Gasteiger partial charge in [0.15, 0.2) is 5.69 Å². The quantitative estimate of drug-likeness (QED) is 0.0622. The number of unbranched alkanes of at least 4 members (excludes halogenated alkanes) is 1. The summed E-state index contributed by atoms with van der Waals surface area (Å²) in [7, 11) is 0. The number of nitrogens with one attached hydrogen (secondary N) is 3. The van der Waals surface area contributed by atoms with Gasteiger partial charge in [0.05, 0.1) is 29.6 Å². The maximum Gasteiger partial charge on any atom is 0.435 e. The summed E-state index contributed by atoms with van der Waals surface area (Å²) in [5.41, 5.74) is -1.28. The molecule has 4 aromatic rings. The molecule has 3 N–H and O–H groups in total. The van der Waals surface area contributed by atoms with Gasteiger partial charge in [-0.15, -0.1) is 4.72 Å². The third-order valence-electron chi connectivity index (χ3n) is 9.22. The number of amides is 2. The van der Waals surface area contributed by atoms with Crippen LogP contribution in [0.25, 0.3) is 5.69 Å². The first-order chi connectivity index (χ1) is 26.0. The van der Waals surface area contributed by atoms with Crippen molar-refractivity contribution in [2.75, 3.05) is 11.9 Å². The molecule has 5 rings (SSSR count). The van der Waals surface area contributed by atoms with E-state index in [2.05, 4.69) is 26.5 Å². The molecule has 15 heteroatoms. The standard InChI is InChI=1S/C40H44F4N6O4S/c1-5-6-20-54-37(52)46-25-28-8-7-9-31(21-28)50-34(23-35(48-50)40(42,43)44)36(51)47-33-22-30(16-17-32(33)41)39(19-18-26-10-11-26,49-55(53)38(2,3)4)29-14-12-27(24-45)13-15-29/h7-9,12-17,21-23,26,49H,5-6,10-11,18-20,25H2,1-4H3,(H,46,52)(H,47,51)/t39?,55-/m1/s1. The van der Waals surface area contributed by atoms with Crippen LogP contribution >= 0.6 is 0 Å². The van der Waals surface area contributed by atoms with E-state index in [1.54, 1.807) is 30.3 Å². The number of nitrogens with zero attached hydrogens (tertiary/aromatic N) is 3. The number of hydrogen-bond acceptors (Lipinski definition) is 7. The molecule has 2 amide bonds. The second kappa shape index (κ2) is 17.3. The fourth-order valence-electron chi connectivity index (χ4n) is 5.88. The van der Waals surface area contributed by atoms with Crippen LogP contribution in [-0.2, 0) is 34.4 Å². The molecule has 1 aliphatic rings. The maximum atomic E-state index is 15.7. The number of hydrogen-bond donors (Lipinski definition) is 3. The predicted molar refractivity (Wildman–Crippen MR) is 201 cm³/mol. The van der Waals surface area contributed by atoms with E-state index < -0.39 is 57.0 Å². The van der Waals surface area contributed by atoms with Crippen molar-refractivity contribution in [3.63, 3.8) is 0 Å². The Morgan fingerprint density at radius 1 is 1.04 bits per heavy atom. The summed E-state index contributed by atoms with van der Waals surface area (Å²) in [5, 5.41) is 18.2. The molecule has 55 heavy (non-hydrogen) atoms. The lowest BCUT2D eigenvalue weighted by Crippen LogP contribution is -2.52. The van der Waals surface area contributed by atoms with Gasteiger partial charge in [-0.25, -0.2) is 13.9 Å². The minimum Gasteiger partial charge on any atom is -0.598 e. The zero-order valence-electron chi connectivity index (χ0n) is 31.1. The molecule has 1 unspecified atom stereocenters. The fraction of sp³-hybridized carbons (Fsp3) is 0.400. The van der Waals surface area contributed by atoms with Gasteiger partial charge >= 0.3 is 12.3 Å². The summed E-state index contributed by atoms with van der Waals surface area (Å²) < 4.78 is 80.0. The Kier molecular flexibility index (Phi) is 13.0. The third kappa shape index (κ3) is 10.4. The minimum absolute atomic E-state index is 0.0124. The van der Waals surface area contributed by atoms with Crippen LogP contribution in [0.5, 0.6) is 0 Å². The molecule has 1 saturated carbocycles. The highest BCUT2D eigenvalue weighted by Crippen LogP contribution is 2.43. The monoisotopic (exact) mass is 780 g/mol. The summed E-state index contributed by atoms with van der Waals surface area (Å²) >= 11 is -1.64. The third-order valence-corrected chi connectivity index (χ3v) is 10.9. The topological polar surface area (TPSA) is 144 Å². The lowest BCUT2D eigenvalue weighted by Gasteiger charge is -2.39. The Morgan fingerprint density at radius 2 is 1.75 bits per heavy atom. The van der Waals surface area contributed by atoms with Crippen LogP contribution in [0.15, 0.2) is 72.8 Å². The van der Waals surface area contributed by atoms with Crippen molar-refractivity contribution in [1.29, 1.82) is 5.26 Å². The van der Waals surface area contributed by atoms with E-state index >= 15 is 4.39 Å². The Labute approximate surface area is 321 Å². The SMILES string of the molecule is CCCCOC(=O)NCc1cccc(-n2nc(C(F)(F)F)cc2C(=O)Nc2cc(C(CCC3CC3)(N[S@+]([O-])C(C)(C)C)c3ccc(C#N)cc3)ccc2F)c1. The molecule has 1 aliphatic carbocycles. The van der Waals surface area contributed by atoms with Crippen molar-refractivity contribution in [2.24, 2.45) is 5.92 Å². The smallest absolute Gasteiger partial charge is 0.435 e. The Hall–Kier alpha value is -4.91. The lowest BCUT2D eigenvalue weighted by atomic mass is 9.79. The van der Waals surface area contributed by atoms with E-state index in [0.29, 0.717) is 47.1 Å². The zero-order valence-corrected chi connectivity index (χ0v) is 31.9. The molecule has 292 valence electrons. The maximum absolute atomic E-state index is 15.7. The first kappa shape index (κ1) is 41.3. The van der Waals surface area contributed by atoms with Gasteiger partial charge < -0.3 is 19.9 Å². The molecule has 10 nitrogen and oxygen atoms in total. The van der Waals surface area contributed by atoms with Crippen molar-refractivity contribution in [3.05, 3.63) is 112 Å². The van der Waals surface area contributed by atoms with Crippen molar-refractivity contribution >= 4 is 29.0 Å². The average molecular weight is 781 g/mol. The van der Waals surface area contributed by atoms with E-state index in [1.165, 1.54) is 30.3 Å². The molecular formula is C40H44F4N6O4S. The predicted octanol–water partition coefficient (Wildman–Crippen LogP) is 8.67. The number of alkyl halides is 3. The van der Waals surface area contributed by atoms with Crippen LogP contribution in [0.4, 0.5) is 28.0 Å². The second-order valence-electron chi connectivity index (χ2n) is 14.5. The number of aromatic nitrogens is 2. The molecule has 3 aromatic carbocycles. The van der Waals surface area contributed by atoms with Gasteiger partial charge in [0.25, 0.3) is 5.91 Å². The Balaban J connectivity index is 1.52. The minimum atomic E-state index is -4.91. The van der Waals surface area contributed by atoms with Crippen molar-refractivity contribution < 1.29 is 36.4 Å². The number of rotatable bonds is 15. The van der Waals surface area contributed by atoms with Crippen LogP contribution in [0.3, 0.4) is 0 Å². The van der Waals surface area contributed by atoms with E-state index in [4.69, 9.17) is 4.74 Å². The number of anilines is 1. The van der Waals surface area contributed by atoms with Crippen LogP contribution in [0.2, 0.25) is 0 Å². The number of carbonyl (C=O) groups is 2. The van der Waals surface area contributed by atoms with E-state index in [1.807, 2.05) is 27.7 Å². The Morgan fingerprint density at radius 3 is 2.38 bits per heavy atom. The number of halogens is 4. The molecule has 0 aliphatic heterocycles. The second-order valence-corrected chi connectivity index (χ2v) is 16.5. The molecule has 0 saturated heterocycles. The first-order valence-corrected chi connectivity index (χ1v) is 19.2. The average Bonchev–Trinajstić information content (AvgIpc) is 3.86. The summed E-state index contributed by atoms with van der Waals surface area (Å²) in [5.74, 6) is -1.49. The highest BCUT2D eigenvalue weighted by molar-refractivity contribution is 7.90. The van der Waals surface area contributed by atoms with E-state index in [-0.39, 0.29) is 24.5 Å². The van der Waals surface area contributed by atoms with Crippen LogP contribution in [0, 0.1) is 23.1 Å². The van der Waals surface area contributed by atoms with Crippen LogP contribution in [0.1, 0.15) is 105 Å². The summed E-state index contributed by atoms with van der Waals surface area (Å²) in [4.78, 5) is 26.0. The van der Waals surface area contributed by atoms with Gasteiger partial charge in [-0.1, -0.05) is 56.5 Å². The van der Waals surface area contributed by atoms with Gasteiger partial charge in [-0.3, -0.25) is 4.79 Å². The van der Waals surface area contributed by atoms with Crippen molar-refractivity contribution in [3.8, 4) is 11.8 Å². The van der Waals surface area contributed by atoms with E-state index in [9.17, 15) is 32.6 Å². The normalized spacial score (nSPS) is 14.8. The van der Waals surface area contributed by atoms with Crippen LogP contribution in [-0.4, -0.2) is 37.7 Å². The van der Waals surface area contributed by atoms with Crippen LogP contribution < -0.4 is 15.4 Å². The fourth-order valence-corrected chi connectivity index (χ4v) is 6.84. The Bertz CT molecular complexity index is 2020. The van der Waals surface area contributed by atoms with Gasteiger partial charge in [0.2, 0.25) is 0 Å². The van der Waals surface area contributed by atoms with Gasteiger partial charge in [0.1, 0.15) is 21.8 Å². The zero-order chi connectivity index (χ0) is 40.0. The number of ether oxygens (including phenoxy) is 1. The number of benzene rings is 3. The summed E-state index contributed by atoms with van der Waals surface area (Å²) in [6.07, 6.45) is -0.791. The van der Waals surface area contributed by atoms with Crippen molar-refractivity contribution in [2.45, 2.75) is 89.2 Å². The molecule has 0 spiro atoms. The highest BCUT2D eigenvalue weighted by atomic mass is 32.2. The molecule has 1 heterocycles. The molecule has 0 radical (unpaired) electrons. The van der Waals surface area contributed by atoms with Gasteiger partial charge in [0, 0.05) is 24.0 Å². The molecular weight excluding hydrogens is 737 g/mol. The van der Waals surface area contributed by atoms with Crippen molar-refractivity contribution in [1.82, 2.24) is 19.8 Å². The van der Waals surface area contributed by atoms with E-state index in [0.717, 1.165) is 36.4 Å². The molecule has 0 bridgehead atoms. The highest BCUT2D eigenvalue weighted by Gasteiger charge is 2.44. The molecule has 1 aromatic heterocycles. The summed E-state index contributed by atoms with van der Waals surface area (Å²) in [6.45, 7) is 7.60. The number of carbonyl (C=O) groups excluding carboxylic acids is 2. The summed E-state index contributed by atoms with van der Waals surface area (Å²) in [6, 6.07) is 19.6. The van der Waals surface area contributed by atoms with Gasteiger partial charge in [-0.2, -0.15) is 23.5 Å².